The number of hydrogen-bond donors (Lipinski definition) is 1. The fraction of sp³-hybridized carbons (Fsp3) is 0.375. The summed E-state index contributed by atoms with van der Waals surface area (Å²) in [6.07, 6.45) is 3.83. The van der Waals surface area contributed by atoms with Gasteiger partial charge in [0.1, 0.15) is 11.6 Å². The van der Waals surface area contributed by atoms with E-state index in [1.807, 2.05) is 32.0 Å². The van der Waals surface area contributed by atoms with Crippen LogP contribution in [0.2, 0.25) is 0 Å². The van der Waals surface area contributed by atoms with Gasteiger partial charge in [0, 0.05) is 35.1 Å². The molecule has 0 unspecified atom stereocenters. The zero-order valence-electron chi connectivity index (χ0n) is 17.2. The predicted molar refractivity (Wildman–Crippen MR) is 115 cm³/mol. The standard InChI is InChI=1S/C24H25F2N3O/c1-24(2)9-11-30-22-8-5-15(25)12-18(22)21-4-3-10-29(21)16-6-7-20-17(13-16)23(28-24)19(26)14-27-20/h5-8,12-14,21,28H,3-4,9-11H2,1-2H3/t21-/m1/s1. The summed E-state index contributed by atoms with van der Waals surface area (Å²) in [6.45, 7) is 5.34. The van der Waals surface area contributed by atoms with E-state index in [4.69, 9.17) is 4.74 Å². The second-order valence-corrected chi connectivity index (χ2v) is 8.82. The molecule has 1 saturated heterocycles. The molecule has 2 bridgehead atoms. The molecule has 2 aromatic carbocycles. The molecule has 0 radical (unpaired) electrons. The van der Waals surface area contributed by atoms with E-state index in [0.717, 1.165) is 47.3 Å². The summed E-state index contributed by atoms with van der Waals surface area (Å²) >= 11 is 0. The fourth-order valence-electron chi connectivity index (χ4n) is 4.59. The monoisotopic (exact) mass is 409 g/mol. The summed E-state index contributed by atoms with van der Waals surface area (Å²) in [4.78, 5) is 6.54. The van der Waals surface area contributed by atoms with Crippen LogP contribution in [-0.2, 0) is 0 Å². The Kier molecular flexibility index (Phi) is 4.53. The molecule has 5 rings (SSSR count). The van der Waals surface area contributed by atoms with Gasteiger partial charge in [-0.3, -0.25) is 4.98 Å². The van der Waals surface area contributed by atoms with Crippen molar-refractivity contribution in [1.82, 2.24) is 4.98 Å². The lowest BCUT2D eigenvalue weighted by atomic mass is 10.00. The van der Waals surface area contributed by atoms with Crippen molar-refractivity contribution in [2.45, 2.75) is 44.7 Å². The lowest BCUT2D eigenvalue weighted by Gasteiger charge is -2.29. The molecule has 0 amide bonds. The van der Waals surface area contributed by atoms with Crippen molar-refractivity contribution in [2.24, 2.45) is 0 Å². The molecule has 2 aliphatic heterocycles. The van der Waals surface area contributed by atoms with Crippen molar-refractivity contribution in [2.75, 3.05) is 23.4 Å². The molecule has 0 aliphatic carbocycles. The molecule has 0 saturated carbocycles. The lowest BCUT2D eigenvalue weighted by Crippen LogP contribution is -2.33. The van der Waals surface area contributed by atoms with Gasteiger partial charge < -0.3 is 15.0 Å². The number of ether oxygens (including phenoxy) is 1. The maximum atomic E-state index is 14.8. The van der Waals surface area contributed by atoms with Gasteiger partial charge in [-0.15, -0.1) is 0 Å². The largest absolute Gasteiger partial charge is 0.493 e. The Morgan fingerprint density at radius 2 is 2.03 bits per heavy atom. The molecule has 1 atom stereocenters. The van der Waals surface area contributed by atoms with Crippen LogP contribution in [0.4, 0.5) is 20.2 Å². The van der Waals surface area contributed by atoms with Crippen LogP contribution in [0.5, 0.6) is 5.75 Å². The van der Waals surface area contributed by atoms with Gasteiger partial charge in [-0.2, -0.15) is 0 Å². The number of rotatable bonds is 0. The van der Waals surface area contributed by atoms with Crippen molar-refractivity contribution in [3.8, 4) is 5.75 Å². The third-order valence-corrected chi connectivity index (χ3v) is 6.17. The Balaban J connectivity index is 1.71. The molecular formula is C24H25F2N3O. The summed E-state index contributed by atoms with van der Waals surface area (Å²) in [5, 5.41) is 4.13. The van der Waals surface area contributed by atoms with E-state index in [9.17, 15) is 8.78 Å². The van der Waals surface area contributed by atoms with Gasteiger partial charge >= 0.3 is 0 Å². The number of aromatic nitrogens is 1. The van der Waals surface area contributed by atoms with Gasteiger partial charge in [0.05, 0.1) is 30.0 Å². The maximum absolute atomic E-state index is 14.8. The van der Waals surface area contributed by atoms with Gasteiger partial charge in [-0.25, -0.2) is 8.78 Å². The molecule has 4 nitrogen and oxygen atoms in total. The van der Waals surface area contributed by atoms with Crippen LogP contribution in [0.15, 0.2) is 42.6 Å². The van der Waals surface area contributed by atoms with Gasteiger partial charge in [0.15, 0.2) is 5.82 Å². The zero-order valence-corrected chi connectivity index (χ0v) is 17.2. The van der Waals surface area contributed by atoms with Crippen LogP contribution < -0.4 is 15.0 Å². The number of hydrogen-bond acceptors (Lipinski definition) is 4. The van der Waals surface area contributed by atoms with Gasteiger partial charge in [-0.05, 0) is 63.1 Å². The lowest BCUT2D eigenvalue weighted by molar-refractivity contribution is 0.277. The molecule has 3 heterocycles. The fourth-order valence-corrected chi connectivity index (χ4v) is 4.59. The Hall–Kier alpha value is -2.89. The first-order valence-corrected chi connectivity index (χ1v) is 10.5. The number of benzene rings is 2. The van der Waals surface area contributed by atoms with Gasteiger partial charge in [0.25, 0.3) is 0 Å². The molecular weight excluding hydrogens is 384 g/mol. The normalized spacial score (nSPS) is 20.4. The SMILES string of the molecule is CC1(C)CCOc2ccc(F)cc2[C@H]2CCCN2c2ccc3ncc(F)c(c3c2)N1. The van der Waals surface area contributed by atoms with Crippen LogP contribution in [0.3, 0.4) is 0 Å². The first-order chi connectivity index (χ1) is 14.4. The second-order valence-electron chi connectivity index (χ2n) is 8.82. The quantitative estimate of drug-likeness (QED) is 0.507. The molecule has 30 heavy (non-hydrogen) atoms. The minimum atomic E-state index is -0.407. The Bertz CT molecular complexity index is 1120. The first-order valence-electron chi connectivity index (χ1n) is 10.5. The zero-order chi connectivity index (χ0) is 20.9. The predicted octanol–water partition coefficient (Wildman–Crippen LogP) is 5.83. The highest BCUT2D eigenvalue weighted by Gasteiger charge is 2.30. The summed E-state index contributed by atoms with van der Waals surface area (Å²) in [7, 11) is 0. The van der Waals surface area contributed by atoms with Crippen LogP contribution in [-0.4, -0.2) is 23.7 Å². The second kappa shape index (κ2) is 7.11. The Labute approximate surface area is 174 Å². The van der Waals surface area contributed by atoms with Crippen molar-refractivity contribution >= 4 is 22.3 Å². The summed E-state index contributed by atoms with van der Waals surface area (Å²) < 4.78 is 35.1. The van der Waals surface area contributed by atoms with Crippen LogP contribution >= 0.6 is 0 Å². The summed E-state index contributed by atoms with van der Waals surface area (Å²) in [6, 6.07) is 10.7. The third kappa shape index (κ3) is 3.34. The van der Waals surface area contributed by atoms with E-state index in [1.165, 1.54) is 12.3 Å². The molecule has 1 N–H and O–H groups in total. The number of fused-ring (bicyclic) bond motifs is 5. The van der Waals surface area contributed by atoms with Crippen molar-refractivity contribution < 1.29 is 13.5 Å². The van der Waals surface area contributed by atoms with Crippen molar-refractivity contribution in [3.05, 3.63) is 59.8 Å². The Morgan fingerprint density at radius 1 is 1.17 bits per heavy atom. The molecule has 1 aromatic heterocycles. The van der Waals surface area contributed by atoms with E-state index >= 15 is 0 Å². The first kappa shape index (κ1) is 19.1. The minimum Gasteiger partial charge on any atom is -0.493 e. The van der Waals surface area contributed by atoms with E-state index in [2.05, 4.69) is 15.2 Å². The highest BCUT2D eigenvalue weighted by Crippen LogP contribution is 2.42. The van der Waals surface area contributed by atoms with E-state index < -0.39 is 5.54 Å². The summed E-state index contributed by atoms with van der Waals surface area (Å²) in [5.41, 5.74) is 2.65. The van der Waals surface area contributed by atoms with Crippen LogP contribution in [0.1, 0.15) is 44.7 Å². The van der Waals surface area contributed by atoms with Crippen molar-refractivity contribution in [3.63, 3.8) is 0 Å². The molecule has 1 fully saturated rings. The van der Waals surface area contributed by atoms with Gasteiger partial charge in [-0.1, -0.05) is 0 Å². The molecule has 6 heteroatoms. The number of nitrogens with one attached hydrogen (secondary N) is 1. The van der Waals surface area contributed by atoms with Gasteiger partial charge in [0.2, 0.25) is 0 Å². The average molecular weight is 409 g/mol. The number of halogens is 2. The third-order valence-electron chi connectivity index (χ3n) is 6.17. The number of nitrogens with zero attached hydrogens (tertiary/aromatic N) is 2. The highest BCUT2D eigenvalue weighted by molar-refractivity contribution is 5.94. The molecule has 0 spiro atoms. The molecule has 156 valence electrons. The van der Waals surface area contributed by atoms with Crippen LogP contribution in [0, 0.1) is 11.6 Å². The van der Waals surface area contributed by atoms with E-state index in [-0.39, 0.29) is 17.7 Å². The number of pyridine rings is 1. The van der Waals surface area contributed by atoms with E-state index in [0.29, 0.717) is 18.7 Å². The minimum absolute atomic E-state index is 0.0137. The van der Waals surface area contributed by atoms with Crippen molar-refractivity contribution in [1.29, 1.82) is 0 Å². The smallest absolute Gasteiger partial charge is 0.165 e. The van der Waals surface area contributed by atoms with Crippen LogP contribution in [0.25, 0.3) is 10.9 Å². The average Bonchev–Trinajstić information content (AvgIpc) is 3.20. The topological polar surface area (TPSA) is 37.4 Å². The maximum Gasteiger partial charge on any atom is 0.165 e. The number of anilines is 2. The van der Waals surface area contributed by atoms with E-state index in [1.54, 1.807) is 12.1 Å². The summed E-state index contributed by atoms with van der Waals surface area (Å²) in [5.74, 6) is 0.0872. The highest BCUT2D eigenvalue weighted by atomic mass is 19.1. The molecule has 2 aliphatic rings. The Morgan fingerprint density at radius 3 is 2.90 bits per heavy atom. The molecule has 3 aromatic rings.